The largest absolute Gasteiger partial charge is 0.380 e. The van der Waals surface area contributed by atoms with Gasteiger partial charge in [-0.25, -0.2) is 12.8 Å². The van der Waals surface area contributed by atoms with Gasteiger partial charge < -0.3 is 10.5 Å². The van der Waals surface area contributed by atoms with E-state index in [-0.39, 0.29) is 11.5 Å². The Hall–Kier alpha value is -1.76. The van der Waals surface area contributed by atoms with Crippen LogP contribution in [0.25, 0.3) is 0 Å². The van der Waals surface area contributed by atoms with Crippen molar-refractivity contribution in [1.82, 2.24) is 0 Å². The Morgan fingerprint density at radius 2 is 1.88 bits per heavy atom. The fourth-order valence-electron chi connectivity index (χ4n) is 3.40. The standard InChI is InChI=1S/C19H22FNO3S/c1-3-24-12-19(21)17(14-5-4-6-15(20)11-14)18(19)25(22,23)16-9-7-13(2)8-10-16/h4-11,17-18H,3,12,21H2,1-2H3/t17-,18-,19+/m1/s1. The van der Waals surface area contributed by atoms with Crippen LogP contribution < -0.4 is 5.73 Å². The normalized spacial score (nSPS) is 25.8. The van der Waals surface area contributed by atoms with E-state index in [0.717, 1.165) is 5.56 Å². The highest BCUT2D eigenvalue weighted by Gasteiger charge is 2.69. The predicted octanol–water partition coefficient (Wildman–Crippen LogP) is 2.81. The molecule has 4 nitrogen and oxygen atoms in total. The minimum Gasteiger partial charge on any atom is -0.380 e. The molecule has 1 fully saturated rings. The van der Waals surface area contributed by atoms with Crippen molar-refractivity contribution in [2.45, 2.75) is 35.4 Å². The molecule has 0 unspecified atom stereocenters. The van der Waals surface area contributed by atoms with Crippen molar-refractivity contribution in [1.29, 1.82) is 0 Å². The molecule has 25 heavy (non-hydrogen) atoms. The molecule has 0 amide bonds. The molecule has 2 aromatic rings. The number of aryl methyl sites for hydroxylation is 1. The van der Waals surface area contributed by atoms with Gasteiger partial charge in [0.05, 0.1) is 22.3 Å². The van der Waals surface area contributed by atoms with Crippen molar-refractivity contribution in [3.05, 3.63) is 65.5 Å². The third kappa shape index (κ3) is 3.21. The summed E-state index contributed by atoms with van der Waals surface area (Å²) in [4.78, 5) is 0.230. The van der Waals surface area contributed by atoms with Gasteiger partial charge in [-0.2, -0.15) is 0 Å². The summed E-state index contributed by atoms with van der Waals surface area (Å²) in [6.07, 6.45) is 0. The van der Waals surface area contributed by atoms with Gasteiger partial charge >= 0.3 is 0 Å². The first kappa shape index (κ1) is 18.0. The maximum absolute atomic E-state index is 13.6. The first-order chi connectivity index (χ1) is 11.8. The number of hydrogen-bond acceptors (Lipinski definition) is 4. The molecule has 3 rings (SSSR count). The van der Waals surface area contributed by atoms with Gasteiger partial charge in [0.25, 0.3) is 0 Å². The van der Waals surface area contributed by atoms with Gasteiger partial charge in [0, 0.05) is 12.5 Å². The third-order valence-corrected chi connectivity index (χ3v) is 7.06. The third-order valence-electron chi connectivity index (χ3n) is 4.75. The molecule has 0 spiro atoms. The zero-order valence-corrected chi connectivity index (χ0v) is 15.1. The van der Waals surface area contributed by atoms with Crippen LogP contribution in [-0.4, -0.2) is 32.4 Å². The minimum atomic E-state index is -3.66. The topological polar surface area (TPSA) is 69.4 Å². The Kier molecular flexibility index (Phi) is 4.70. The average Bonchev–Trinajstić information content (AvgIpc) is 3.20. The van der Waals surface area contributed by atoms with Gasteiger partial charge in [0.15, 0.2) is 9.84 Å². The summed E-state index contributed by atoms with van der Waals surface area (Å²) in [5.41, 5.74) is 6.93. The predicted molar refractivity (Wildman–Crippen MR) is 94.7 cm³/mol. The van der Waals surface area contributed by atoms with E-state index in [1.807, 2.05) is 13.8 Å². The summed E-state index contributed by atoms with van der Waals surface area (Å²) in [7, 11) is -3.66. The highest BCUT2D eigenvalue weighted by atomic mass is 32.2. The summed E-state index contributed by atoms with van der Waals surface area (Å²) in [5.74, 6) is -0.907. The summed E-state index contributed by atoms with van der Waals surface area (Å²) in [6, 6.07) is 12.7. The number of hydrogen-bond donors (Lipinski definition) is 1. The molecule has 0 radical (unpaired) electrons. The van der Waals surface area contributed by atoms with Gasteiger partial charge in [-0.05, 0) is 43.7 Å². The number of rotatable bonds is 6. The van der Waals surface area contributed by atoms with Crippen molar-refractivity contribution in [2.75, 3.05) is 13.2 Å². The fraction of sp³-hybridized carbons (Fsp3) is 0.368. The van der Waals surface area contributed by atoms with Crippen LogP contribution in [0.15, 0.2) is 53.4 Å². The average molecular weight is 363 g/mol. The van der Waals surface area contributed by atoms with Gasteiger partial charge in [-0.3, -0.25) is 0 Å². The number of sulfone groups is 1. The molecule has 3 atom stereocenters. The Morgan fingerprint density at radius 1 is 1.20 bits per heavy atom. The lowest BCUT2D eigenvalue weighted by molar-refractivity contribution is 0.125. The molecular formula is C19H22FNO3S. The van der Waals surface area contributed by atoms with Crippen LogP contribution in [0.4, 0.5) is 4.39 Å². The second-order valence-corrected chi connectivity index (χ2v) is 8.63. The van der Waals surface area contributed by atoms with Crippen molar-refractivity contribution in [3.63, 3.8) is 0 Å². The highest BCUT2D eigenvalue weighted by Crippen LogP contribution is 2.55. The van der Waals surface area contributed by atoms with Gasteiger partial charge in [0.1, 0.15) is 5.82 Å². The maximum Gasteiger partial charge on any atom is 0.183 e. The zero-order valence-electron chi connectivity index (χ0n) is 14.3. The highest BCUT2D eigenvalue weighted by molar-refractivity contribution is 7.92. The first-order valence-corrected chi connectivity index (χ1v) is 9.78. The van der Waals surface area contributed by atoms with E-state index in [9.17, 15) is 12.8 Å². The maximum atomic E-state index is 13.6. The molecule has 0 aromatic heterocycles. The molecule has 1 saturated carbocycles. The first-order valence-electron chi connectivity index (χ1n) is 8.23. The Labute approximate surface area is 147 Å². The Morgan fingerprint density at radius 3 is 2.48 bits per heavy atom. The lowest BCUT2D eigenvalue weighted by Crippen LogP contribution is -2.36. The SMILES string of the molecule is CCOC[C@]1(N)[C@H](c2cccc(F)c2)[C@H]1S(=O)(=O)c1ccc(C)cc1. The molecule has 0 aliphatic heterocycles. The lowest BCUT2D eigenvalue weighted by atomic mass is 10.1. The summed E-state index contributed by atoms with van der Waals surface area (Å²) in [5, 5.41) is -0.837. The van der Waals surface area contributed by atoms with Gasteiger partial charge in [0.2, 0.25) is 0 Å². The monoisotopic (exact) mass is 363 g/mol. The van der Waals surface area contributed by atoms with Crippen LogP contribution in [-0.2, 0) is 14.6 Å². The van der Waals surface area contributed by atoms with Crippen LogP contribution in [0.5, 0.6) is 0 Å². The van der Waals surface area contributed by atoms with Crippen molar-refractivity contribution in [3.8, 4) is 0 Å². The van der Waals surface area contributed by atoms with Crippen LogP contribution in [0.1, 0.15) is 24.0 Å². The molecule has 134 valence electrons. The second-order valence-electron chi connectivity index (χ2n) is 6.56. The van der Waals surface area contributed by atoms with E-state index < -0.39 is 32.4 Å². The summed E-state index contributed by atoms with van der Waals surface area (Å²) < 4.78 is 45.3. The van der Waals surface area contributed by atoms with E-state index in [4.69, 9.17) is 10.5 Å². The van der Waals surface area contributed by atoms with E-state index in [1.165, 1.54) is 12.1 Å². The fourth-order valence-corrected chi connectivity index (χ4v) is 5.69. The summed E-state index contributed by atoms with van der Waals surface area (Å²) in [6.45, 7) is 4.27. The van der Waals surface area contributed by atoms with Crippen molar-refractivity contribution < 1.29 is 17.5 Å². The Bertz CT molecular complexity index is 866. The van der Waals surface area contributed by atoms with Crippen LogP contribution >= 0.6 is 0 Å². The van der Waals surface area contributed by atoms with E-state index >= 15 is 0 Å². The van der Waals surface area contributed by atoms with E-state index in [2.05, 4.69) is 0 Å². The van der Waals surface area contributed by atoms with E-state index in [0.29, 0.717) is 12.2 Å². The van der Waals surface area contributed by atoms with E-state index in [1.54, 1.807) is 36.4 Å². The molecular weight excluding hydrogens is 341 g/mol. The quantitative estimate of drug-likeness (QED) is 0.857. The molecule has 1 aliphatic carbocycles. The van der Waals surface area contributed by atoms with Crippen LogP contribution in [0.2, 0.25) is 0 Å². The molecule has 2 N–H and O–H groups in total. The summed E-state index contributed by atoms with van der Waals surface area (Å²) >= 11 is 0. The van der Waals surface area contributed by atoms with Crippen molar-refractivity contribution >= 4 is 9.84 Å². The molecule has 0 bridgehead atoms. The number of benzene rings is 2. The molecule has 1 aliphatic rings. The number of ether oxygens (including phenoxy) is 1. The van der Waals surface area contributed by atoms with Crippen LogP contribution in [0.3, 0.4) is 0 Å². The molecule has 2 aromatic carbocycles. The zero-order chi connectivity index (χ0) is 18.2. The Balaban J connectivity index is 2.01. The van der Waals surface area contributed by atoms with Crippen LogP contribution in [0, 0.1) is 12.7 Å². The van der Waals surface area contributed by atoms with Crippen molar-refractivity contribution in [2.24, 2.45) is 5.73 Å². The minimum absolute atomic E-state index is 0.112. The van der Waals surface area contributed by atoms with Gasteiger partial charge in [-0.1, -0.05) is 29.8 Å². The number of nitrogens with two attached hydrogens (primary N) is 1. The number of halogens is 1. The lowest BCUT2D eigenvalue weighted by Gasteiger charge is -2.12. The smallest absolute Gasteiger partial charge is 0.183 e. The second kappa shape index (κ2) is 6.52. The molecule has 6 heteroatoms. The molecule has 0 saturated heterocycles. The molecule has 0 heterocycles. The van der Waals surface area contributed by atoms with Gasteiger partial charge in [-0.15, -0.1) is 0 Å².